The van der Waals surface area contributed by atoms with Crippen LogP contribution >= 0.6 is 23.2 Å². The second kappa shape index (κ2) is 3.58. The van der Waals surface area contributed by atoms with E-state index in [0.29, 0.717) is 10.4 Å². The molecule has 5 heteroatoms. The van der Waals surface area contributed by atoms with Gasteiger partial charge in [-0.25, -0.2) is 4.79 Å². The average Bonchev–Trinajstić information content (AvgIpc) is 2.18. The van der Waals surface area contributed by atoms with E-state index in [9.17, 15) is 4.79 Å². The molecule has 0 aliphatic rings. The highest BCUT2D eigenvalue weighted by atomic mass is 35.5. The summed E-state index contributed by atoms with van der Waals surface area (Å²) in [6.45, 7) is 0. The van der Waals surface area contributed by atoms with Crippen molar-refractivity contribution in [2.24, 2.45) is 0 Å². The molecule has 0 amide bonds. The van der Waals surface area contributed by atoms with Crippen LogP contribution in [0.3, 0.4) is 0 Å². The van der Waals surface area contributed by atoms with Crippen LogP contribution in [-0.2, 0) is 0 Å². The summed E-state index contributed by atoms with van der Waals surface area (Å²) >= 11 is 11.6. The maximum absolute atomic E-state index is 11.2. The number of hydrogen-bond donors (Lipinski definition) is 0. The molecule has 0 saturated carbocycles. The van der Waals surface area contributed by atoms with Crippen LogP contribution in [-0.4, -0.2) is 0 Å². The first-order valence-electron chi connectivity index (χ1n) is 3.95. The molecular weight excluding hydrogens is 237 g/mol. The van der Waals surface area contributed by atoms with Crippen molar-refractivity contribution in [3.63, 3.8) is 0 Å². The normalized spacial score (nSPS) is 10.2. The fourth-order valence-corrected chi connectivity index (χ4v) is 1.78. The van der Waals surface area contributed by atoms with Gasteiger partial charge in [-0.2, -0.15) is 5.26 Å². The lowest BCUT2D eigenvalue weighted by molar-refractivity contribution is 0.558. The predicted octanol–water partition coefficient (Wildman–Crippen LogP) is 2.97. The van der Waals surface area contributed by atoms with Gasteiger partial charge in [0.25, 0.3) is 0 Å². The molecule has 2 rings (SSSR count). The average molecular weight is 240 g/mol. The van der Waals surface area contributed by atoms with E-state index in [0.717, 1.165) is 0 Å². The van der Waals surface area contributed by atoms with Gasteiger partial charge in [0, 0.05) is 10.4 Å². The lowest BCUT2D eigenvalue weighted by Crippen LogP contribution is -2.03. The highest BCUT2D eigenvalue weighted by Gasteiger charge is 2.08. The van der Waals surface area contributed by atoms with E-state index in [1.54, 1.807) is 12.1 Å². The number of benzene rings is 1. The minimum absolute atomic E-state index is 0.0687. The third-order valence-corrected chi connectivity index (χ3v) is 2.37. The Morgan fingerprint density at radius 2 is 2.00 bits per heavy atom. The Bertz CT molecular complexity index is 640. The zero-order chi connectivity index (χ0) is 11.0. The van der Waals surface area contributed by atoms with Gasteiger partial charge in [0.15, 0.2) is 5.58 Å². The van der Waals surface area contributed by atoms with E-state index in [-0.39, 0.29) is 16.2 Å². The van der Waals surface area contributed by atoms with Crippen LogP contribution in [0.1, 0.15) is 5.56 Å². The molecule has 0 aliphatic carbocycles. The van der Waals surface area contributed by atoms with Crippen LogP contribution in [0, 0.1) is 11.3 Å². The van der Waals surface area contributed by atoms with E-state index in [1.807, 2.05) is 0 Å². The zero-order valence-electron chi connectivity index (χ0n) is 7.25. The van der Waals surface area contributed by atoms with Crippen molar-refractivity contribution in [2.45, 2.75) is 0 Å². The van der Waals surface area contributed by atoms with Gasteiger partial charge < -0.3 is 4.42 Å². The Kier molecular flexibility index (Phi) is 2.39. The molecule has 1 aromatic carbocycles. The Balaban J connectivity index is 2.95. The largest absolute Gasteiger partial charge is 0.420 e. The Morgan fingerprint density at radius 1 is 1.27 bits per heavy atom. The highest BCUT2D eigenvalue weighted by Crippen LogP contribution is 2.27. The molecule has 2 aromatic rings. The van der Waals surface area contributed by atoms with Crippen LogP contribution in [0.15, 0.2) is 27.4 Å². The monoisotopic (exact) mass is 239 g/mol. The molecule has 0 spiro atoms. The fraction of sp³-hybridized carbons (Fsp3) is 0. The van der Waals surface area contributed by atoms with Crippen molar-refractivity contribution in [3.8, 4) is 6.07 Å². The minimum Gasteiger partial charge on any atom is -0.420 e. The van der Waals surface area contributed by atoms with Crippen LogP contribution in [0.4, 0.5) is 0 Å². The zero-order valence-corrected chi connectivity index (χ0v) is 8.76. The molecule has 0 atom stereocenters. The standard InChI is InChI=1S/C10H3Cl2NO2/c11-7-2-5-1-6(4-13)10(14)15-9(5)8(12)3-7/h1-3H. The van der Waals surface area contributed by atoms with Gasteiger partial charge in [-0.3, -0.25) is 0 Å². The molecule has 0 saturated heterocycles. The molecule has 0 radical (unpaired) electrons. The summed E-state index contributed by atoms with van der Waals surface area (Å²) in [7, 11) is 0. The molecule has 1 aromatic heterocycles. The van der Waals surface area contributed by atoms with Gasteiger partial charge in [0.2, 0.25) is 0 Å². The van der Waals surface area contributed by atoms with Gasteiger partial charge in [-0.05, 0) is 18.2 Å². The molecule has 0 aliphatic heterocycles. The number of nitriles is 1. The molecular formula is C10H3Cl2NO2. The first-order chi connectivity index (χ1) is 7.11. The molecule has 1 heterocycles. The van der Waals surface area contributed by atoms with E-state index < -0.39 is 5.63 Å². The molecule has 0 fully saturated rings. The van der Waals surface area contributed by atoms with Crippen molar-refractivity contribution < 1.29 is 4.42 Å². The van der Waals surface area contributed by atoms with E-state index in [2.05, 4.69) is 0 Å². The molecule has 0 unspecified atom stereocenters. The van der Waals surface area contributed by atoms with Gasteiger partial charge in [0.1, 0.15) is 11.6 Å². The number of fused-ring (bicyclic) bond motifs is 1. The van der Waals surface area contributed by atoms with E-state index in [1.165, 1.54) is 12.1 Å². The first kappa shape index (κ1) is 10.0. The van der Waals surface area contributed by atoms with Crippen molar-refractivity contribution in [1.82, 2.24) is 0 Å². The third kappa shape index (κ3) is 1.70. The number of hydrogen-bond acceptors (Lipinski definition) is 3. The second-order valence-corrected chi connectivity index (χ2v) is 3.71. The van der Waals surface area contributed by atoms with Gasteiger partial charge in [-0.15, -0.1) is 0 Å². The molecule has 15 heavy (non-hydrogen) atoms. The SMILES string of the molecule is N#Cc1cc2cc(Cl)cc(Cl)c2oc1=O. The van der Waals surface area contributed by atoms with Gasteiger partial charge >= 0.3 is 5.63 Å². The molecule has 0 N–H and O–H groups in total. The van der Waals surface area contributed by atoms with Crippen LogP contribution < -0.4 is 5.63 Å². The molecule has 0 bridgehead atoms. The smallest absolute Gasteiger partial charge is 0.354 e. The quantitative estimate of drug-likeness (QED) is 0.665. The van der Waals surface area contributed by atoms with E-state index >= 15 is 0 Å². The van der Waals surface area contributed by atoms with Crippen molar-refractivity contribution >= 4 is 34.2 Å². The summed E-state index contributed by atoms with van der Waals surface area (Å²) in [5.74, 6) is 0. The maximum Gasteiger partial charge on any atom is 0.354 e. The van der Waals surface area contributed by atoms with Crippen molar-refractivity contribution in [1.29, 1.82) is 5.26 Å². The fourth-order valence-electron chi connectivity index (χ4n) is 1.24. The second-order valence-electron chi connectivity index (χ2n) is 2.87. The molecule has 3 nitrogen and oxygen atoms in total. The number of halogens is 2. The van der Waals surface area contributed by atoms with Crippen molar-refractivity contribution in [2.75, 3.05) is 0 Å². The first-order valence-corrected chi connectivity index (χ1v) is 4.70. The highest BCUT2D eigenvalue weighted by molar-refractivity contribution is 6.38. The lowest BCUT2D eigenvalue weighted by atomic mass is 10.2. The maximum atomic E-state index is 11.2. The Morgan fingerprint density at radius 3 is 2.67 bits per heavy atom. The van der Waals surface area contributed by atoms with E-state index in [4.69, 9.17) is 32.9 Å². The minimum atomic E-state index is -0.700. The summed E-state index contributed by atoms with van der Waals surface area (Å²) in [5.41, 5.74) is -0.528. The van der Waals surface area contributed by atoms with Gasteiger partial charge in [-0.1, -0.05) is 23.2 Å². The van der Waals surface area contributed by atoms with Crippen LogP contribution in [0.25, 0.3) is 11.0 Å². The summed E-state index contributed by atoms with van der Waals surface area (Å²) in [6, 6.07) is 6.18. The van der Waals surface area contributed by atoms with Gasteiger partial charge in [0.05, 0.1) is 5.02 Å². The van der Waals surface area contributed by atoms with Crippen LogP contribution in [0.5, 0.6) is 0 Å². The molecule has 74 valence electrons. The lowest BCUT2D eigenvalue weighted by Gasteiger charge is -1.99. The summed E-state index contributed by atoms with van der Waals surface area (Å²) < 4.78 is 4.90. The van der Waals surface area contributed by atoms with Crippen molar-refractivity contribution in [3.05, 3.63) is 44.2 Å². The topological polar surface area (TPSA) is 54.0 Å². The number of nitrogens with zero attached hydrogens (tertiary/aromatic N) is 1. The Labute approximate surface area is 94.4 Å². The summed E-state index contributed by atoms with van der Waals surface area (Å²) in [4.78, 5) is 11.2. The predicted molar refractivity (Wildman–Crippen MR) is 57.2 cm³/mol. The van der Waals surface area contributed by atoms with Crippen LogP contribution in [0.2, 0.25) is 10.0 Å². The third-order valence-electron chi connectivity index (χ3n) is 1.87. The Hall–Kier alpha value is -1.50. The number of rotatable bonds is 0. The summed E-state index contributed by atoms with van der Waals surface area (Å²) in [6.07, 6.45) is 0. The summed E-state index contributed by atoms with van der Waals surface area (Å²) in [5, 5.41) is 9.84.